The number of carbonyl (C=O) groups is 1. The molecule has 0 radical (unpaired) electrons. The molecule has 0 saturated carbocycles. The number of para-hydroxylation sites is 1. The predicted octanol–water partition coefficient (Wildman–Crippen LogP) is 1.78. The van der Waals surface area contributed by atoms with Crippen molar-refractivity contribution in [3.63, 3.8) is 0 Å². The van der Waals surface area contributed by atoms with Gasteiger partial charge in [-0.15, -0.1) is 0 Å². The van der Waals surface area contributed by atoms with Crippen LogP contribution in [0.1, 0.15) is 12.5 Å². The van der Waals surface area contributed by atoms with Crippen LogP contribution in [0.2, 0.25) is 0 Å². The number of carbonyl (C=O) groups excluding carboxylic acids is 1. The van der Waals surface area contributed by atoms with E-state index >= 15 is 0 Å². The lowest BCUT2D eigenvalue weighted by molar-refractivity contribution is 0.152. The Labute approximate surface area is 94.1 Å². The number of rotatable bonds is 4. The lowest BCUT2D eigenvalue weighted by Gasteiger charge is -2.03. The number of nitrogens with one attached hydrogen (secondary N) is 1. The molecule has 1 rings (SSSR count). The second-order valence-corrected chi connectivity index (χ2v) is 2.83. The summed E-state index contributed by atoms with van der Waals surface area (Å²) < 4.78 is 9.76. The van der Waals surface area contributed by atoms with Gasteiger partial charge in [0.2, 0.25) is 0 Å². The summed E-state index contributed by atoms with van der Waals surface area (Å²) in [5.41, 5.74) is 3.02. The van der Waals surface area contributed by atoms with E-state index in [1.165, 1.54) is 6.21 Å². The predicted molar refractivity (Wildman–Crippen MR) is 60.7 cm³/mol. The van der Waals surface area contributed by atoms with Gasteiger partial charge in [-0.1, -0.05) is 12.1 Å². The van der Waals surface area contributed by atoms with Gasteiger partial charge < -0.3 is 9.47 Å². The first-order valence-electron chi connectivity index (χ1n) is 4.86. The van der Waals surface area contributed by atoms with Gasteiger partial charge in [-0.25, -0.2) is 10.2 Å². The molecule has 5 nitrogen and oxygen atoms in total. The van der Waals surface area contributed by atoms with Gasteiger partial charge in [-0.05, 0) is 19.1 Å². The van der Waals surface area contributed by atoms with E-state index < -0.39 is 6.09 Å². The van der Waals surface area contributed by atoms with Crippen molar-refractivity contribution in [3.8, 4) is 5.75 Å². The van der Waals surface area contributed by atoms with Crippen LogP contribution in [0.5, 0.6) is 5.75 Å². The van der Waals surface area contributed by atoms with Crippen molar-refractivity contribution in [1.29, 1.82) is 0 Å². The molecule has 16 heavy (non-hydrogen) atoms. The molecular formula is C11H14N2O3. The van der Waals surface area contributed by atoms with Crippen LogP contribution in [0.25, 0.3) is 0 Å². The molecule has 0 fully saturated rings. The number of amides is 1. The Kier molecular flexibility index (Phi) is 4.85. The van der Waals surface area contributed by atoms with Gasteiger partial charge in [0, 0.05) is 5.56 Å². The number of ether oxygens (including phenoxy) is 2. The Bertz CT molecular complexity index is 377. The van der Waals surface area contributed by atoms with Gasteiger partial charge >= 0.3 is 6.09 Å². The van der Waals surface area contributed by atoms with Crippen molar-refractivity contribution >= 4 is 12.3 Å². The highest BCUT2D eigenvalue weighted by Gasteiger charge is 1.99. The number of nitrogens with zero attached hydrogens (tertiary/aromatic N) is 1. The monoisotopic (exact) mass is 222 g/mol. The molecule has 0 atom stereocenters. The summed E-state index contributed by atoms with van der Waals surface area (Å²) in [4.78, 5) is 10.9. The molecule has 86 valence electrons. The Morgan fingerprint density at radius 1 is 1.50 bits per heavy atom. The third kappa shape index (κ3) is 3.61. The van der Waals surface area contributed by atoms with E-state index in [1.807, 2.05) is 24.3 Å². The van der Waals surface area contributed by atoms with Crippen molar-refractivity contribution in [2.45, 2.75) is 6.92 Å². The fraction of sp³-hybridized carbons (Fsp3) is 0.273. The lowest BCUT2D eigenvalue weighted by atomic mass is 10.2. The van der Waals surface area contributed by atoms with E-state index in [-0.39, 0.29) is 0 Å². The van der Waals surface area contributed by atoms with Crippen molar-refractivity contribution in [2.24, 2.45) is 5.10 Å². The van der Waals surface area contributed by atoms with E-state index in [0.29, 0.717) is 12.4 Å². The van der Waals surface area contributed by atoms with Crippen LogP contribution in [-0.2, 0) is 4.74 Å². The number of hydrazone groups is 1. The maximum absolute atomic E-state index is 10.9. The zero-order chi connectivity index (χ0) is 11.8. The summed E-state index contributed by atoms with van der Waals surface area (Å²) in [5.74, 6) is 0.692. The Morgan fingerprint density at radius 2 is 2.25 bits per heavy atom. The fourth-order valence-corrected chi connectivity index (χ4v) is 1.09. The molecule has 0 unspecified atom stereocenters. The molecule has 5 heteroatoms. The molecule has 0 aliphatic rings. The maximum Gasteiger partial charge on any atom is 0.427 e. The minimum absolute atomic E-state index is 0.315. The third-order valence-corrected chi connectivity index (χ3v) is 1.77. The fourth-order valence-electron chi connectivity index (χ4n) is 1.09. The van der Waals surface area contributed by atoms with Gasteiger partial charge in [0.1, 0.15) is 5.75 Å². The van der Waals surface area contributed by atoms with Crippen molar-refractivity contribution in [3.05, 3.63) is 29.8 Å². The average molecular weight is 222 g/mol. The van der Waals surface area contributed by atoms with E-state index in [0.717, 1.165) is 5.56 Å². The standard InChI is InChI=1S/C11H14N2O3/c1-3-16-11(14)13-12-8-9-6-4-5-7-10(9)15-2/h4-8H,3H2,1-2H3,(H,13,14)/b12-8+. The number of hydrogen-bond donors (Lipinski definition) is 1. The quantitative estimate of drug-likeness (QED) is 0.624. The SMILES string of the molecule is CCOC(=O)N/N=C/c1ccccc1OC. The highest BCUT2D eigenvalue weighted by Crippen LogP contribution is 2.14. The molecule has 1 N–H and O–H groups in total. The molecular weight excluding hydrogens is 208 g/mol. The van der Waals surface area contributed by atoms with E-state index in [1.54, 1.807) is 14.0 Å². The molecule has 1 amide bonds. The normalized spacial score (nSPS) is 10.1. The molecule has 0 spiro atoms. The van der Waals surface area contributed by atoms with Crippen molar-refractivity contribution < 1.29 is 14.3 Å². The summed E-state index contributed by atoms with van der Waals surface area (Å²) in [6, 6.07) is 7.35. The molecule has 0 aromatic heterocycles. The van der Waals surface area contributed by atoms with E-state index in [4.69, 9.17) is 4.74 Å². The topological polar surface area (TPSA) is 59.9 Å². The maximum atomic E-state index is 10.9. The minimum atomic E-state index is -0.575. The highest BCUT2D eigenvalue weighted by molar-refractivity contribution is 5.84. The third-order valence-electron chi connectivity index (χ3n) is 1.77. The summed E-state index contributed by atoms with van der Waals surface area (Å²) in [5, 5.41) is 3.74. The first-order valence-corrected chi connectivity index (χ1v) is 4.86. The molecule has 0 aliphatic carbocycles. The van der Waals surface area contributed by atoms with Crippen molar-refractivity contribution in [1.82, 2.24) is 5.43 Å². The van der Waals surface area contributed by atoms with Crippen LogP contribution >= 0.6 is 0 Å². The Hall–Kier alpha value is -2.04. The Morgan fingerprint density at radius 3 is 2.94 bits per heavy atom. The molecule has 0 aliphatic heterocycles. The summed E-state index contributed by atoms with van der Waals surface area (Å²) in [6.07, 6.45) is 0.920. The van der Waals surface area contributed by atoms with Gasteiger partial charge in [-0.3, -0.25) is 0 Å². The second-order valence-electron chi connectivity index (χ2n) is 2.83. The van der Waals surface area contributed by atoms with Gasteiger partial charge in [0.25, 0.3) is 0 Å². The van der Waals surface area contributed by atoms with Crippen LogP contribution < -0.4 is 10.2 Å². The molecule has 1 aromatic rings. The van der Waals surface area contributed by atoms with E-state index in [9.17, 15) is 4.79 Å². The van der Waals surface area contributed by atoms with Gasteiger partial charge in [0.15, 0.2) is 0 Å². The van der Waals surface area contributed by atoms with E-state index in [2.05, 4.69) is 15.3 Å². The van der Waals surface area contributed by atoms with Crippen molar-refractivity contribution in [2.75, 3.05) is 13.7 Å². The van der Waals surface area contributed by atoms with Crippen LogP contribution in [0.3, 0.4) is 0 Å². The number of methoxy groups -OCH3 is 1. The summed E-state index contributed by atoms with van der Waals surface area (Å²) in [6.45, 7) is 2.04. The smallest absolute Gasteiger partial charge is 0.427 e. The number of benzene rings is 1. The average Bonchev–Trinajstić information content (AvgIpc) is 2.30. The Balaban J connectivity index is 2.58. The largest absolute Gasteiger partial charge is 0.496 e. The molecule has 0 heterocycles. The second kappa shape index (κ2) is 6.44. The van der Waals surface area contributed by atoms with Crippen LogP contribution in [0.15, 0.2) is 29.4 Å². The molecule has 0 bridgehead atoms. The van der Waals surface area contributed by atoms with Crippen LogP contribution in [0.4, 0.5) is 4.79 Å². The zero-order valence-corrected chi connectivity index (χ0v) is 9.27. The van der Waals surface area contributed by atoms with Gasteiger partial charge in [-0.2, -0.15) is 5.10 Å². The molecule has 0 saturated heterocycles. The zero-order valence-electron chi connectivity index (χ0n) is 9.27. The summed E-state index contributed by atoms with van der Waals surface area (Å²) in [7, 11) is 1.57. The first kappa shape index (κ1) is 12.0. The minimum Gasteiger partial charge on any atom is -0.496 e. The van der Waals surface area contributed by atoms with Crippen LogP contribution in [-0.4, -0.2) is 26.0 Å². The summed E-state index contributed by atoms with van der Waals surface area (Å²) >= 11 is 0. The molecule has 1 aromatic carbocycles. The lowest BCUT2D eigenvalue weighted by Crippen LogP contribution is -2.18. The first-order chi connectivity index (χ1) is 7.77. The van der Waals surface area contributed by atoms with Gasteiger partial charge in [0.05, 0.1) is 19.9 Å². The highest BCUT2D eigenvalue weighted by atomic mass is 16.5. The van der Waals surface area contributed by atoms with Crippen LogP contribution in [0, 0.1) is 0 Å². The number of hydrogen-bond acceptors (Lipinski definition) is 4.